The molecule has 1 aromatic carbocycles. The van der Waals surface area contributed by atoms with Crippen molar-refractivity contribution in [1.82, 2.24) is 4.90 Å². The quantitative estimate of drug-likeness (QED) is 0.647. The lowest BCUT2D eigenvalue weighted by Crippen LogP contribution is -2.28. The molecule has 0 aliphatic rings. The van der Waals surface area contributed by atoms with E-state index in [-0.39, 0.29) is 18.1 Å². The zero-order valence-electron chi connectivity index (χ0n) is 12.7. The van der Waals surface area contributed by atoms with E-state index in [0.717, 1.165) is 19.3 Å². The van der Waals surface area contributed by atoms with Crippen molar-refractivity contribution in [1.29, 1.82) is 0 Å². The van der Waals surface area contributed by atoms with Crippen LogP contribution in [0.2, 0.25) is 0 Å². The SMILES string of the molecule is CCCCCN(C)C(=O)c1cc(C#CCCO)ccc1F. The van der Waals surface area contributed by atoms with Gasteiger partial charge in [0.1, 0.15) is 5.82 Å². The highest BCUT2D eigenvalue weighted by Crippen LogP contribution is 2.13. The molecule has 21 heavy (non-hydrogen) atoms. The fourth-order valence-electron chi connectivity index (χ4n) is 1.89. The van der Waals surface area contributed by atoms with Crippen molar-refractivity contribution in [2.75, 3.05) is 20.2 Å². The molecule has 1 aromatic rings. The molecular formula is C17H22FNO2. The van der Waals surface area contributed by atoms with Gasteiger partial charge < -0.3 is 10.0 Å². The molecule has 4 heteroatoms. The van der Waals surface area contributed by atoms with Crippen molar-refractivity contribution in [3.05, 3.63) is 35.1 Å². The van der Waals surface area contributed by atoms with Crippen LogP contribution in [0.25, 0.3) is 0 Å². The van der Waals surface area contributed by atoms with Crippen molar-refractivity contribution in [2.45, 2.75) is 32.6 Å². The predicted molar refractivity (Wildman–Crippen MR) is 81.5 cm³/mol. The van der Waals surface area contributed by atoms with E-state index >= 15 is 0 Å². The lowest BCUT2D eigenvalue weighted by Gasteiger charge is -2.17. The molecule has 114 valence electrons. The second-order valence-corrected chi connectivity index (χ2v) is 4.90. The van der Waals surface area contributed by atoms with E-state index in [0.29, 0.717) is 18.5 Å². The molecule has 3 nitrogen and oxygen atoms in total. The van der Waals surface area contributed by atoms with E-state index in [4.69, 9.17) is 5.11 Å². The number of nitrogens with zero attached hydrogens (tertiary/aromatic N) is 1. The molecule has 0 fully saturated rings. The van der Waals surface area contributed by atoms with E-state index in [1.54, 1.807) is 11.9 Å². The first-order chi connectivity index (χ1) is 10.1. The van der Waals surface area contributed by atoms with Crippen LogP contribution in [0.3, 0.4) is 0 Å². The first-order valence-electron chi connectivity index (χ1n) is 7.25. The number of unbranched alkanes of at least 4 members (excludes halogenated alkanes) is 2. The molecular weight excluding hydrogens is 269 g/mol. The Hall–Kier alpha value is -1.86. The second kappa shape index (κ2) is 9.15. The molecule has 1 amide bonds. The number of aliphatic hydroxyl groups excluding tert-OH is 1. The second-order valence-electron chi connectivity index (χ2n) is 4.90. The van der Waals surface area contributed by atoms with Gasteiger partial charge in [-0.1, -0.05) is 31.6 Å². The van der Waals surface area contributed by atoms with Gasteiger partial charge in [0.25, 0.3) is 5.91 Å². The maximum atomic E-state index is 13.8. The van der Waals surface area contributed by atoms with Gasteiger partial charge in [0.2, 0.25) is 0 Å². The Labute approximate surface area is 125 Å². The molecule has 0 aliphatic heterocycles. The summed E-state index contributed by atoms with van der Waals surface area (Å²) in [6.07, 6.45) is 3.40. The number of aliphatic hydroxyl groups is 1. The van der Waals surface area contributed by atoms with E-state index < -0.39 is 5.82 Å². The molecule has 1 N–H and O–H groups in total. The number of halogens is 1. The zero-order valence-corrected chi connectivity index (χ0v) is 12.7. The Bertz CT molecular complexity index is 531. The summed E-state index contributed by atoms with van der Waals surface area (Å²) in [6, 6.07) is 4.27. The van der Waals surface area contributed by atoms with Gasteiger partial charge in [0.05, 0.1) is 12.2 Å². The summed E-state index contributed by atoms with van der Waals surface area (Å²) in [6.45, 7) is 2.70. The standard InChI is InChI=1S/C17H22FNO2/c1-3-4-6-11-19(2)17(21)15-13-14(8-5-7-12-20)9-10-16(15)18/h9-10,13,20H,3-4,6-7,11-12H2,1-2H3. The summed E-state index contributed by atoms with van der Waals surface area (Å²) < 4.78 is 13.8. The Morgan fingerprint density at radius 2 is 2.14 bits per heavy atom. The minimum atomic E-state index is -0.532. The van der Waals surface area contributed by atoms with Crippen molar-refractivity contribution >= 4 is 5.91 Å². The van der Waals surface area contributed by atoms with Crippen LogP contribution in [0.5, 0.6) is 0 Å². The van der Waals surface area contributed by atoms with Crippen molar-refractivity contribution in [3.8, 4) is 11.8 Å². The zero-order chi connectivity index (χ0) is 15.7. The third-order valence-electron chi connectivity index (χ3n) is 3.11. The maximum Gasteiger partial charge on any atom is 0.256 e. The number of amides is 1. The van der Waals surface area contributed by atoms with Crippen LogP contribution in [0, 0.1) is 17.7 Å². The molecule has 0 atom stereocenters. The number of carbonyl (C=O) groups is 1. The van der Waals surface area contributed by atoms with Crippen LogP contribution in [0.15, 0.2) is 18.2 Å². The van der Waals surface area contributed by atoms with E-state index in [2.05, 4.69) is 18.8 Å². The normalized spacial score (nSPS) is 9.90. The summed E-state index contributed by atoms with van der Waals surface area (Å²) in [5.74, 6) is 4.72. The van der Waals surface area contributed by atoms with Gasteiger partial charge in [-0.3, -0.25) is 4.79 Å². The summed E-state index contributed by atoms with van der Waals surface area (Å²) in [5.41, 5.74) is 0.625. The number of benzene rings is 1. The number of hydrogen-bond acceptors (Lipinski definition) is 2. The average molecular weight is 291 g/mol. The average Bonchev–Trinajstić information content (AvgIpc) is 2.48. The van der Waals surface area contributed by atoms with Gasteiger partial charge in [-0.2, -0.15) is 0 Å². The topological polar surface area (TPSA) is 40.5 Å². The van der Waals surface area contributed by atoms with Gasteiger partial charge in [-0.05, 0) is 24.6 Å². The predicted octanol–water partition coefficient (Wildman–Crippen LogP) is 2.82. The highest BCUT2D eigenvalue weighted by Gasteiger charge is 2.16. The Morgan fingerprint density at radius 3 is 2.81 bits per heavy atom. The largest absolute Gasteiger partial charge is 0.395 e. The van der Waals surface area contributed by atoms with Crippen LogP contribution in [-0.2, 0) is 0 Å². The summed E-state index contributed by atoms with van der Waals surface area (Å²) in [7, 11) is 1.68. The highest BCUT2D eigenvalue weighted by molar-refractivity contribution is 5.94. The summed E-state index contributed by atoms with van der Waals surface area (Å²) in [5, 5.41) is 8.68. The first-order valence-corrected chi connectivity index (χ1v) is 7.25. The highest BCUT2D eigenvalue weighted by atomic mass is 19.1. The van der Waals surface area contributed by atoms with Gasteiger partial charge in [0, 0.05) is 25.6 Å². The first kappa shape index (κ1) is 17.2. The van der Waals surface area contributed by atoms with E-state index in [1.165, 1.54) is 18.2 Å². The van der Waals surface area contributed by atoms with Crippen molar-refractivity contribution in [2.24, 2.45) is 0 Å². The lowest BCUT2D eigenvalue weighted by molar-refractivity contribution is 0.0788. The maximum absolute atomic E-state index is 13.8. The Balaban J connectivity index is 2.83. The molecule has 0 bridgehead atoms. The molecule has 0 saturated carbocycles. The third kappa shape index (κ3) is 5.57. The van der Waals surface area contributed by atoms with Gasteiger partial charge in [-0.25, -0.2) is 4.39 Å². The van der Waals surface area contributed by atoms with Gasteiger partial charge >= 0.3 is 0 Å². The monoisotopic (exact) mass is 291 g/mol. The number of hydrogen-bond donors (Lipinski definition) is 1. The molecule has 0 unspecified atom stereocenters. The fraction of sp³-hybridized carbons (Fsp3) is 0.471. The van der Waals surface area contributed by atoms with Gasteiger partial charge in [0.15, 0.2) is 0 Å². The molecule has 0 spiro atoms. The Kier molecular flexibility index (Phi) is 7.49. The van der Waals surface area contributed by atoms with Crippen LogP contribution in [0.1, 0.15) is 48.5 Å². The van der Waals surface area contributed by atoms with Crippen molar-refractivity contribution < 1.29 is 14.3 Å². The molecule has 0 saturated heterocycles. The minimum Gasteiger partial charge on any atom is -0.395 e. The molecule has 0 aliphatic carbocycles. The summed E-state index contributed by atoms with van der Waals surface area (Å²) in [4.78, 5) is 13.8. The van der Waals surface area contributed by atoms with Gasteiger partial charge in [-0.15, -0.1) is 0 Å². The van der Waals surface area contributed by atoms with Crippen LogP contribution >= 0.6 is 0 Å². The Morgan fingerprint density at radius 1 is 1.38 bits per heavy atom. The lowest BCUT2D eigenvalue weighted by atomic mass is 10.1. The summed E-state index contributed by atoms with van der Waals surface area (Å²) >= 11 is 0. The van der Waals surface area contributed by atoms with E-state index in [1.807, 2.05) is 0 Å². The molecule has 0 heterocycles. The minimum absolute atomic E-state index is 0.0137. The fourth-order valence-corrected chi connectivity index (χ4v) is 1.89. The smallest absolute Gasteiger partial charge is 0.256 e. The molecule has 0 aromatic heterocycles. The van der Waals surface area contributed by atoms with E-state index in [9.17, 15) is 9.18 Å². The van der Waals surface area contributed by atoms with Crippen LogP contribution in [0.4, 0.5) is 4.39 Å². The molecule has 1 rings (SSSR count). The van der Waals surface area contributed by atoms with Crippen LogP contribution < -0.4 is 0 Å². The number of rotatable bonds is 6. The number of carbonyl (C=O) groups excluding carboxylic acids is 1. The van der Waals surface area contributed by atoms with Crippen molar-refractivity contribution in [3.63, 3.8) is 0 Å². The molecule has 0 radical (unpaired) electrons. The third-order valence-corrected chi connectivity index (χ3v) is 3.11. The van der Waals surface area contributed by atoms with Crippen LogP contribution in [-0.4, -0.2) is 36.1 Å².